The number of rotatable bonds is 4. The molecule has 2 rings (SSSR count). The van der Waals surface area contributed by atoms with Gasteiger partial charge < -0.3 is 10.6 Å². The normalized spacial score (nSPS) is 16.9. The summed E-state index contributed by atoms with van der Waals surface area (Å²) in [5.41, 5.74) is 6.73. The standard InChI is InChI=1S/C13H18N2O/c1-15(11-7-8-11)13(16)12(9-14)10-5-3-2-4-6-10/h2-6,11-12H,7-9,14H2,1H3. The van der Waals surface area contributed by atoms with Crippen molar-refractivity contribution in [2.45, 2.75) is 24.8 Å². The lowest BCUT2D eigenvalue weighted by molar-refractivity contribution is -0.131. The molecular weight excluding hydrogens is 200 g/mol. The molecule has 0 spiro atoms. The van der Waals surface area contributed by atoms with Crippen LogP contribution in [0.25, 0.3) is 0 Å². The topological polar surface area (TPSA) is 46.3 Å². The summed E-state index contributed by atoms with van der Waals surface area (Å²) in [6.07, 6.45) is 2.27. The van der Waals surface area contributed by atoms with E-state index >= 15 is 0 Å². The zero-order valence-electron chi connectivity index (χ0n) is 9.60. The molecule has 1 aromatic rings. The lowest BCUT2D eigenvalue weighted by atomic mass is 9.98. The third kappa shape index (κ3) is 2.25. The van der Waals surface area contributed by atoms with Crippen molar-refractivity contribution >= 4 is 5.91 Å². The second-order valence-corrected chi connectivity index (χ2v) is 4.38. The number of amides is 1. The minimum atomic E-state index is -0.188. The van der Waals surface area contributed by atoms with Crippen LogP contribution in [0.3, 0.4) is 0 Å². The Morgan fingerprint density at radius 3 is 2.56 bits per heavy atom. The van der Waals surface area contributed by atoms with Crippen molar-refractivity contribution in [1.29, 1.82) is 0 Å². The van der Waals surface area contributed by atoms with E-state index in [1.807, 2.05) is 42.3 Å². The Labute approximate surface area is 96.2 Å². The number of benzene rings is 1. The highest BCUT2D eigenvalue weighted by atomic mass is 16.2. The Morgan fingerprint density at radius 1 is 1.44 bits per heavy atom. The third-order valence-corrected chi connectivity index (χ3v) is 3.18. The van der Waals surface area contributed by atoms with E-state index < -0.39 is 0 Å². The highest BCUT2D eigenvalue weighted by Gasteiger charge is 2.33. The van der Waals surface area contributed by atoms with Gasteiger partial charge in [-0.1, -0.05) is 30.3 Å². The number of nitrogens with two attached hydrogens (primary N) is 1. The van der Waals surface area contributed by atoms with Crippen molar-refractivity contribution in [3.8, 4) is 0 Å². The highest BCUT2D eigenvalue weighted by molar-refractivity contribution is 5.84. The third-order valence-electron chi connectivity index (χ3n) is 3.18. The van der Waals surface area contributed by atoms with Crippen LogP contribution in [0.4, 0.5) is 0 Å². The van der Waals surface area contributed by atoms with Crippen LogP contribution >= 0.6 is 0 Å². The molecule has 0 heterocycles. The molecule has 3 nitrogen and oxygen atoms in total. The molecule has 0 radical (unpaired) electrons. The van der Waals surface area contributed by atoms with E-state index in [-0.39, 0.29) is 11.8 Å². The average molecular weight is 218 g/mol. The van der Waals surface area contributed by atoms with E-state index in [1.54, 1.807) is 0 Å². The molecule has 1 aliphatic rings. The highest BCUT2D eigenvalue weighted by Crippen LogP contribution is 2.28. The molecule has 0 aliphatic heterocycles. The summed E-state index contributed by atoms with van der Waals surface area (Å²) in [6, 6.07) is 10.2. The van der Waals surface area contributed by atoms with E-state index in [2.05, 4.69) is 0 Å². The summed E-state index contributed by atoms with van der Waals surface area (Å²) in [6.45, 7) is 0.375. The van der Waals surface area contributed by atoms with Crippen LogP contribution in [0.15, 0.2) is 30.3 Å². The summed E-state index contributed by atoms with van der Waals surface area (Å²) in [7, 11) is 1.88. The van der Waals surface area contributed by atoms with Gasteiger partial charge in [-0.25, -0.2) is 0 Å². The molecule has 0 bridgehead atoms. The van der Waals surface area contributed by atoms with Gasteiger partial charge in [-0.15, -0.1) is 0 Å². The molecule has 0 aromatic heterocycles. The zero-order chi connectivity index (χ0) is 11.5. The maximum Gasteiger partial charge on any atom is 0.231 e. The molecule has 3 heteroatoms. The van der Waals surface area contributed by atoms with Gasteiger partial charge in [-0.2, -0.15) is 0 Å². The summed E-state index contributed by atoms with van der Waals surface area (Å²) in [4.78, 5) is 14.1. The van der Waals surface area contributed by atoms with Gasteiger partial charge in [-0.3, -0.25) is 4.79 Å². The van der Waals surface area contributed by atoms with Crippen LogP contribution in [0.2, 0.25) is 0 Å². The second kappa shape index (κ2) is 4.66. The number of hydrogen-bond acceptors (Lipinski definition) is 2. The van der Waals surface area contributed by atoms with Crippen molar-refractivity contribution in [3.63, 3.8) is 0 Å². The summed E-state index contributed by atoms with van der Waals surface area (Å²) in [5, 5.41) is 0. The fraction of sp³-hybridized carbons (Fsp3) is 0.462. The molecule has 16 heavy (non-hydrogen) atoms. The second-order valence-electron chi connectivity index (χ2n) is 4.38. The first-order valence-corrected chi connectivity index (χ1v) is 5.75. The molecule has 1 aliphatic carbocycles. The summed E-state index contributed by atoms with van der Waals surface area (Å²) in [5.74, 6) is -0.0389. The smallest absolute Gasteiger partial charge is 0.231 e. The van der Waals surface area contributed by atoms with Crippen LogP contribution in [0.5, 0.6) is 0 Å². The number of carbonyl (C=O) groups is 1. The number of likely N-dealkylation sites (N-methyl/N-ethyl adjacent to an activating group) is 1. The maximum atomic E-state index is 12.2. The van der Waals surface area contributed by atoms with Crippen LogP contribution in [0.1, 0.15) is 24.3 Å². The molecule has 1 unspecified atom stereocenters. The first-order valence-electron chi connectivity index (χ1n) is 5.75. The molecule has 0 saturated heterocycles. The van der Waals surface area contributed by atoms with Crippen LogP contribution < -0.4 is 5.73 Å². The van der Waals surface area contributed by atoms with E-state index in [0.717, 1.165) is 18.4 Å². The molecule has 1 saturated carbocycles. The Balaban J connectivity index is 2.12. The minimum absolute atomic E-state index is 0.149. The quantitative estimate of drug-likeness (QED) is 0.829. The summed E-state index contributed by atoms with van der Waals surface area (Å²) >= 11 is 0. The van der Waals surface area contributed by atoms with Gasteiger partial charge in [0.1, 0.15) is 0 Å². The van der Waals surface area contributed by atoms with Crippen LogP contribution in [0, 0.1) is 0 Å². The SMILES string of the molecule is CN(C(=O)C(CN)c1ccccc1)C1CC1. The summed E-state index contributed by atoms with van der Waals surface area (Å²) < 4.78 is 0. The predicted molar refractivity (Wildman–Crippen MR) is 64.0 cm³/mol. The zero-order valence-corrected chi connectivity index (χ0v) is 9.60. The fourth-order valence-corrected chi connectivity index (χ4v) is 1.95. The van der Waals surface area contributed by atoms with E-state index in [4.69, 9.17) is 5.73 Å². The fourth-order valence-electron chi connectivity index (χ4n) is 1.95. The first kappa shape index (κ1) is 11.1. The molecular formula is C13H18N2O. The molecule has 1 amide bonds. The minimum Gasteiger partial charge on any atom is -0.342 e. The van der Waals surface area contributed by atoms with Gasteiger partial charge in [0.25, 0.3) is 0 Å². The molecule has 86 valence electrons. The van der Waals surface area contributed by atoms with Gasteiger partial charge >= 0.3 is 0 Å². The first-order chi connectivity index (χ1) is 7.74. The largest absolute Gasteiger partial charge is 0.342 e. The number of carbonyl (C=O) groups excluding carboxylic acids is 1. The van der Waals surface area contributed by atoms with Gasteiger partial charge in [-0.05, 0) is 18.4 Å². The molecule has 1 atom stereocenters. The monoisotopic (exact) mass is 218 g/mol. The van der Waals surface area contributed by atoms with Crippen molar-refractivity contribution in [2.75, 3.05) is 13.6 Å². The van der Waals surface area contributed by atoms with Gasteiger partial charge in [0.15, 0.2) is 0 Å². The maximum absolute atomic E-state index is 12.2. The van der Waals surface area contributed by atoms with E-state index in [0.29, 0.717) is 12.6 Å². The van der Waals surface area contributed by atoms with Crippen molar-refractivity contribution < 1.29 is 4.79 Å². The lowest BCUT2D eigenvalue weighted by Gasteiger charge is -2.22. The lowest BCUT2D eigenvalue weighted by Crippen LogP contribution is -2.36. The van der Waals surface area contributed by atoms with Gasteiger partial charge in [0.05, 0.1) is 5.92 Å². The van der Waals surface area contributed by atoms with Crippen molar-refractivity contribution in [2.24, 2.45) is 5.73 Å². The predicted octanol–water partition coefficient (Wildman–Crippen LogP) is 1.35. The van der Waals surface area contributed by atoms with Crippen molar-refractivity contribution in [1.82, 2.24) is 4.90 Å². The Kier molecular flexibility index (Phi) is 3.25. The Hall–Kier alpha value is -1.35. The molecule has 1 aromatic carbocycles. The van der Waals surface area contributed by atoms with Crippen LogP contribution in [-0.4, -0.2) is 30.4 Å². The average Bonchev–Trinajstić information content (AvgIpc) is 3.14. The number of hydrogen-bond donors (Lipinski definition) is 1. The Morgan fingerprint density at radius 2 is 2.06 bits per heavy atom. The van der Waals surface area contributed by atoms with Crippen LogP contribution in [-0.2, 0) is 4.79 Å². The van der Waals surface area contributed by atoms with Gasteiger partial charge in [0, 0.05) is 19.6 Å². The number of nitrogens with zero attached hydrogens (tertiary/aromatic N) is 1. The van der Waals surface area contributed by atoms with Gasteiger partial charge in [0.2, 0.25) is 5.91 Å². The van der Waals surface area contributed by atoms with E-state index in [1.165, 1.54) is 0 Å². The Bertz CT molecular complexity index is 359. The van der Waals surface area contributed by atoms with E-state index in [9.17, 15) is 4.79 Å². The van der Waals surface area contributed by atoms with Crippen molar-refractivity contribution in [3.05, 3.63) is 35.9 Å². The molecule has 1 fully saturated rings. The molecule has 2 N–H and O–H groups in total.